The molecule has 0 amide bonds. The molecule has 0 fully saturated rings. The molecule has 2 aromatic rings. The van der Waals surface area contributed by atoms with E-state index in [9.17, 15) is 0 Å². The second-order valence-corrected chi connectivity index (χ2v) is 5.75. The van der Waals surface area contributed by atoms with E-state index in [1.807, 2.05) is 19.1 Å². The lowest BCUT2D eigenvalue weighted by Gasteiger charge is -2.11. The minimum atomic E-state index is 0.520. The average molecular weight is 308 g/mol. The Labute approximate surface area is 129 Å². The number of benzene rings is 1. The van der Waals surface area contributed by atoms with Crippen molar-refractivity contribution in [1.29, 1.82) is 0 Å². The smallest absolute Gasteiger partial charge is 0.138 e. The minimum Gasteiger partial charge on any atom is -0.340 e. The van der Waals surface area contributed by atoms with Gasteiger partial charge >= 0.3 is 0 Å². The maximum absolute atomic E-state index is 6.17. The van der Waals surface area contributed by atoms with Crippen LogP contribution in [0.2, 0.25) is 5.15 Å². The molecule has 0 aliphatic rings. The van der Waals surface area contributed by atoms with Gasteiger partial charge in [-0.1, -0.05) is 18.5 Å². The van der Waals surface area contributed by atoms with Crippen LogP contribution in [-0.4, -0.2) is 16.2 Å². The van der Waals surface area contributed by atoms with Gasteiger partial charge in [0.2, 0.25) is 0 Å². The molecular formula is C15H18ClN3S. The van der Waals surface area contributed by atoms with Crippen LogP contribution in [0.5, 0.6) is 0 Å². The third-order valence-corrected chi connectivity index (χ3v) is 4.07. The molecule has 0 bridgehead atoms. The molecule has 0 aliphatic carbocycles. The molecule has 5 heteroatoms. The predicted octanol–water partition coefficient (Wildman–Crippen LogP) is 4.86. The third-order valence-electron chi connectivity index (χ3n) is 2.96. The van der Waals surface area contributed by atoms with Crippen molar-refractivity contribution in [2.75, 3.05) is 11.6 Å². The number of aromatic nitrogens is 2. The number of nitrogens with one attached hydrogen (secondary N) is 1. The number of thioether (sulfide) groups is 1. The summed E-state index contributed by atoms with van der Waals surface area (Å²) in [5.41, 5.74) is 1.88. The maximum Gasteiger partial charge on any atom is 0.138 e. The van der Waals surface area contributed by atoms with Gasteiger partial charge in [0.1, 0.15) is 16.8 Å². The van der Waals surface area contributed by atoms with Crippen molar-refractivity contribution in [1.82, 2.24) is 9.97 Å². The fourth-order valence-corrected chi connectivity index (χ4v) is 2.40. The highest BCUT2D eigenvalue weighted by Gasteiger charge is 2.09. The van der Waals surface area contributed by atoms with Crippen molar-refractivity contribution in [3.63, 3.8) is 0 Å². The zero-order valence-electron chi connectivity index (χ0n) is 11.9. The Hall–Kier alpha value is -1.26. The van der Waals surface area contributed by atoms with Gasteiger partial charge in [-0.15, -0.1) is 11.8 Å². The maximum atomic E-state index is 6.17. The summed E-state index contributed by atoms with van der Waals surface area (Å²) in [5, 5.41) is 3.84. The zero-order valence-corrected chi connectivity index (χ0v) is 13.5. The van der Waals surface area contributed by atoms with Crippen molar-refractivity contribution in [2.45, 2.75) is 31.6 Å². The number of halogens is 1. The van der Waals surface area contributed by atoms with Crippen LogP contribution in [0.1, 0.15) is 24.7 Å². The van der Waals surface area contributed by atoms with Gasteiger partial charge in [0, 0.05) is 22.6 Å². The van der Waals surface area contributed by atoms with Crippen LogP contribution in [0.25, 0.3) is 0 Å². The van der Waals surface area contributed by atoms with Gasteiger partial charge in [0.15, 0.2) is 0 Å². The van der Waals surface area contributed by atoms with Crippen molar-refractivity contribution in [3.8, 4) is 0 Å². The summed E-state index contributed by atoms with van der Waals surface area (Å²) in [6.07, 6.45) is 3.90. The summed E-state index contributed by atoms with van der Waals surface area (Å²) in [4.78, 5) is 10.1. The fraction of sp³-hybridized carbons (Fsp3) is 0.333. The molecule has 20 heavy (non-hydrogen) atoms. The van der Waals surface area contributed by atoms with E-state index in [0.29, 0.717) is 5.15 Å². The Morgan fingerprint density at radius 1 is 1.20 bits per heavy atom. The molecule has 1 aromatic heterocycles. The van der Waals surface area contributed by atoms with E-state index in [2.05, 4.69) is 40.6 Å². The van der Waals surface area contributed by atoms with E-state index < -0.39 is 0 Å². The molecule has 106 valence electrons. The topological polar surface area (TPSA) is 37.8 Å². The fourth-order valence-electron chi connectivity index (χ4n) is 1.80. The van der Waals surface area contributed by atoms with Crippen molar-refractivity contribution < 1.29 is 0 Å². The Morgan fingerprint density at radius 2 is 1.90 bits per heavy atom. The van der Waals surface area contributed by atoms with Crippen molar-refractivity contribution in [2.24, 2.45) is 0 Å². The molecule has 0 radical (unpaired) electrons. The SMILES string of the molecule is CCCc1nc(Cl)c(C)c(Nc2ccc(SC)cc2)n1. The molecule has 0 spiro atoms. The molecule has 2 rings (SSSR count). The lowest BCUT2D eigenvalue weighted by Crippen LogP contribution is -2.03. The van der Waals surface area contributed by atoms with Gasteiger partial charge in [0.05, 0.1) is 0 Å². The molecule has 0 atom stereocenters. The molecule has 1 aromatic carbocycles. The Morgan fingerprint density at radius 3 is 2.50 bits per heavy atom. The van der Waals surface area contributed by atoms with Gasteiger partial charge in [-0.3, -0.25) is 0 Å². The molecule has 0 unspecified atom stereocenters. The second kappa shape index (κ2) is 6.95. The van der Waals surface area contributed by atoms with E-state index in [0.717, 1.165) is 35.7 Å². The van der Waals surface area contributed by atoms with Crippen LogP contribution in [-0.2, 0) is 6.42 Å². The van der Waals surface area contributed by atoms with Crippen LogP contribution in [0.15, 0.2) is 29.2 Å². The van der Waals surface area contributed by atoms with Crippen LogP contribution in [0.4, 0.5) is 11.5 Å². The highest BCUT2D eigenvalue weighted by Crippen LogP contribution is 2.25. The van der Waals surface area contributed by atoms with E-state index in [4.69, 9.17) is 11.6 Å². The largest absolute Gasteiger partial charge is 0.340 e. The lowest BCUT2D eigenvalue weighted by atomic mass is 10.2. The van der Waals surface area contributed by atoms with Crippen molar-refractivity contribution >= 4 is 34.9 Å². The quantitative estimate of drug-likeness (QED) is 0.632. The number of nitrogens with zero attached hydrogens (tertiary/aromatic N) is 2. The monoisotopic (exact) mass is 307 g/mol. The van der Waals surface area contributed by atoms with Crippen molar-refractivity contribution in [3.05, 3.63) is 40.8 Å². The first-order valence-electron chi connectivity index (χ1n) is 6.58. The standard InChI is InChI=1S/C15H18ClN3S/c1-4-5-13-18-14(16)10(2)15(19-13)17-11-6-8-12(20-3)9-7-11/h6-9H,4-5H2,1-3H3,(H,17,18,19). The molecule has 1 heterocycles. The van der Waals surface area contributed by atoms with Gasteiger partial charge in [-0.05, 0) is 43.9 Å². The van der Waals surface area contributed by atoms with Crippen LogP contribution >= 0.6 is 23.4 Å². The average Bonchev–Trinajstić information content (AvgIpc) is 2.45. The molecule has 3 nitrogen and oxygen atoms in total. The number of anilines is 2. The Balaban J connectivity index is 2.26. The first-order chi connectivity index (χ1) is 9.63. The second-order valence-electron chi connectivity index (χ2n) is 4.51. The van der Waals surface area contributed by atoms with E-state index in [-0.39, 0.29) is 0 Å². The highest BCUT2D eigenvalue weighted by atomic mass is 35.5. The summed E-state index contributed by atoms with van der Waals surface area (Å²) in [5.74, 6) is 1.57. The zero-order chi connectivity index (χ0) is 14.5. The van der Waals surface area contributed by atoms with E-state index in [1.165, 1.54) is 4.90 Å². The van der Waals surface area contributed by atoms with E-state index >= 15 is 0 Å². The first kappa shape index (κ1) is 15.1. The van der Waals surface area contributed by atoms with Gasteiger partial charge < -0.3 is 5.32 Å². The van der Waals surface area contributed by atoms with Gasteiger partial charge in [-0.2, -0.15) is 0 Å². The molecule has 1 N–H and O–H groups in total. The first-order valence-corrected chi connectivity index (χ1v) is 8.18. The summed E-state index contributed by atoms with van der Waals surface area (Å²) in [7, 11) is 0. The molecule has 0 saturated carbocycles. The predicted molar refractivity (Wildman–Crippen MR) is 87.3 cm³/mol. The van der Waals surface area contributed by atoms with Crippen LogP contribution < -0.4 is 5.32 Å². The number of aryl methyl sites for hydroxylation is 1. The van der Waals surface area contributed by atoms with Crippen LogP contribution in [0.3, 0.4) is 0 Å². The lowest BCUT2D eigenvalue weighted by molar-refractivity contribution is 0.833. The number of rotatable bonds is 5. The summed E-state index contributed by atoms with van der Waals surface area (Å²) >= 11 is 7.90. The summed E-state index contributed by atoms with van der Waals surface area (Å²) in [6.45, 7) is 4.03. The number of hydrogen-bond donors (Lipinski definition) is 1. The van der Waals surface area contributed by atoms with Gasteiger partial charge in [-0.25, -0.2) is 9.97 Å². The minimum absolute atomic E-state index is 0.520. The molecule has 0 saturated heterocycles. The van der Waals surface area contributed by atoms with Crippen LogP contribution in [0, 0.1) is 6.92 Å². The molecular weight excluding hydrogens is 290 g/mol. The summed E-state index contributed by atoms with van der Waals surface area (Å²) < 4.78 is 0. The Bertz CT molecular complexity index is 584. The third kappa shape index (κ3) is 3.64. The van der Waals surface area contributed by atoms with E-state index in [1.54, 1.807) is 11.8 Å². The highest BCUT2D eigenvalue weighted by molar-refractivity contribution is 7.98. The molecule has 0 aliphatic heterocycles. The summed E-state index contributed by atoms with van der Waals surface area (Å²) in [6, 6.07) is 8.25. The number of hydrogen-bond acceptors (Lipinski definition) is 4. The van der Waals surface area contributed by atoms with Gasteiger partial charge in [0.25, 0.3) is 0 Å². The Kier molecular flexibility index (Phi) is 5.26. The normalized spacial score (nSPS) is 10.6.